The molecule has 1 aliphatic heterocycles. The summed E-state index contributed by atoms with van der Waals surface area (Å²) in [7, 11) is 1.47. The van der Waals surface area contributed by atoms with E-state index >= 15 is 0 Å². The van der Waals surface area contributed by atoms with Crippen molar-refractivity contribution in [3.8, 4) is 11.5 Å². The second kappa shape index (κ2) is 8.20. The van der Waals surface area contributed by atoms with Gasteiger partial charge in [0.05, 0.1) is 25.5 Å². The van der Waals surface area contributed by atoms with Gasteiger partial charge in [-0.2, -0.15) is 0 Å². The van der Waals surface area contributed by atoms with Crippen molar-refractivity contribution in [2.45, 2.75) is 12.7 Å². The molecular formula is C22H20N2O6. The number of hydrogen-bond donors (Lipinski definition) is 2. The molecule has 2 aromatic carbocycles. The molecule has 0 saturated heterocycles. The maximum atomic E-state index is 13.2. The monoisotopic (exact) mass is 408 g/mol. The van der Waals surface area contributed by atoms with E-state index in [1.807, 2.05) is 24.3 Å². The van der Waals surface area contributed by atoms with Crippen LogP contribution in [0.2, 0.25) is 0 Å². The molecular weight excluding hydrogens is 388 g/mol. The molecule has 3 aromatic rings. The Hall–Kier alpha value is -3.94. The van der Waals surface area contributed by atoms with Crippen molar-refractivity contribution in [3.05, 3.63) is 77.7 Å². The molecule has 4 rings (SSSR count). The summed E-state index contributed by atoms with van der Waals surface area (Å²) in [4.78, 5) is 25.7. The number of carbonyl (C=O) groups excluding carboxylic acids is 1. The van der Waals surface area contributed by atoms with Crippen molar-refractivity contribution in [1.29, 1.82) is 0 Å². The van der Waals surface area contributed by atoms with Crippen LogP contribution in [-0.4, -0.2) is 35.6 Å². The van der Waals surface area contributed by atoms with Gasteiger partial charge in [-0.25, -0.2) is 4.79 Å². The van der Waals surface area contributed by atoms with Crippen LogP contribution >= 0.6 is 0 Å². The number of carbonyl (C=O) groups is 2. The standard InChI is InChI=1S/C22H20N2O6/c1-28-19-11-14(8-9-18(19)30-13-20(25)26)21-23-17-7-3-2-6-16(17)22(27)24(21)12-15-5-4-10-29-15/h2-11,21,23H,12-13H2,1H3,(H,25,26)/t21-/m1/s1. The van der Waals surface area contributed by atoms with E-state index in [1.165, 1.54) is 7.11 Å². The largest absolute Gasteiger partial charge is 0.493 e. The molecule has 1 aromatic heterocycles. The first kappa shape index (κ1) is 19.4. The van der Waals surface area contributed by atoms with Gasteiger partial charge in [-0.1, -0.05) is 18.2 Å². The highest BCUT2D eigenvalue weighted by Gasteiger charge is 2.33. The van der Waals surface area contributed by atoms with Crippen LogP contribution in [0.4, 0.5) is 5.69 Å². The highest BCUT2D eigenvalue weighted by molar-refractivity contribution is 6.01. The van der Waals surface area contributed by atoms with Crippen molar-refractivity contribution in [2.24, 2.45) is 0 Å². The molecule has 1 amide bonds. The topological polar surface area (TPSA) is 101 Å². The SMILES string of the molecule is COc1cc([C@@H]2Nc3ccccc3C(=O)N2Cc2ccco2)ccc1OCC(=O)O. The molecule has 1 atom stereocenters. The lowest BCUT2D eigenvalue weighted by Gasteiger charge is -2.37. The fourth-order valence-electron chi connectivity index (χ4n) is 3.40. The number of aliphatic carboxylic acids is 1. The van der Waals surface area contributed by atoms with E-state index in [4.69, 9.17) is 19.0 Å². The van der Waals surface area contributed by atoms with Crippen LogP contribution in [0.5, 0.6) is 11.5 Å². The number of benzene rings is 2. The van der Waals surface area contributed by atoms with E-state index in [1.54, 1.807) is 41.5 Å². The molecule has 0 radical (unpaired) electrons. The highest BCUT2D eigenvalue weighted by atomic mass is 16.5. The Morgan fingerprint density at radius 2 is 2.00 bits per heavy atom. The lowest BCUT2D eigenvalue weighted by Crippen LogP contribution is -2.42. The number of carboxylic acid groups (broad SMARTS) is 1. The Morgan fingerprint density at radius 1 is 1.17 bits per heavy atom. The molecule has 8 nitrogen and oxygen atoms in total. The number of methoxy groups -OCH3 is 1. The van der Waals surface area contributed by atoms with Crippen molar-refractivity contribution in [3.63, 3.8) is 0 Å². The molecule has 2 heterocycles. The van der Waals surface area contributed by atoms with Gasteiger partial charge in [-0.05, 0) is 42.0 Å². The van der Waals surface area contributed by atoms with Crippen molar-refractivity contribution >= 4 is 17.6 Å². The van der Waals surface area contributed by atoms with Crippen molar-refractivity contribution in [2.75, 3.05) is 19.0 Å². The number of carboxylic acids is 1. The number of anilines is 1. The van der Waals surface area contributed by atoms with E-state index in [9.17, 15) is 9.59 Å². The maximum Gasteiger partial charge on any atom is 0.341 e. The van der Waals surface area contributed by atoms with Gasteiger partial charge in [0.25, 0.3) is 5.91 Å². The number of amides is 1. The van der Waals surface area contributed by atoms with Crippen LogP contribution in [0, 0.1) is 0 Å². The third-order valence-corrected chi connectivity index (χ3v) is 4.78. The predicted octanol–water partition coefficient (Wildman–Crippen LogP) is 3.52. The van der Waals surface area contributed by atoms with E-state index in [0.717, 1.165) is 11.3 Å². The number of nitrogens with zero attached hydrogens (tertiary/aromatic N) is 1. The van der Waals surface area contributed by atoms with Crippen LogP contribution < -0.4 is 14.8 Å². The smallest absolute Gasteiger partial charge is 0.341 e. The third-order valence-electron chi connectivity index (χ3n) is 4.78. The third kappa shape index (κ3) is 3.80. The summed E-state index contributed by atoms with van der Waals surface area (Å²) in [6.45, 7) is -0.203. The minimum absolute atomic E-state index is 0.129. The summed E-state index contributed by atoms with van der Waals surface area (Å²) in [5.74, 6) is 0.129. The van der Waals surface area contributed by atoms with E-state index < -0.39 is 18.7 Å². The van der Waals surface area contributed by atoms with E-state index in [-0.39, 0.29) is 12.5 Å². The molecule has 2 N–H and O–H groups in total. The zero-order valence-corrected chi connectivity index (χ0v) is 16.2. The summed E-state index contributed by atoms with van der Waals surface area (Å²) in [5.41, 5.74) is 2.06. The summed E-state index contributed by atoms with van der Waals surface area (Å²) >= 11 is 0. The first-order valence-corrected chi connectivity index (χ1v) is 9.28. The van der Waals surface area contributed by atoms with Crippen LogP contribution in [0.1, 0.15) is 27.8 Å². The molecule has 0 unspecified atom stereocenters. The molecule has 0 saturated carbocycles. The zero-order valence-electron chi connectivity index (χ0n) is 16.2. The fourth-order valence-corrected chi connectivity index (χ4v) is 3.40. The first-order chi connectivity index (χ1) is 14.6. The Kier molecular flexibility index (Phi) is 5.30. The quantitative estimate of drug-likeness (QED) is 0.617. The molecule has 0 fully saturated rings. The second-order valence-corrected chi connectivity index (χ2v) is 6.70. The van der Waals surface area contributed by atoms with Gasteiger partial charge in [0.15, 0.2) is 18.1 Å². The minimum Gasteiger partial charge on any atom is -0.493 e. The average molecular weight is 408 g/mol. The number of furan rings is 1. The number of nitrogens with one attached hydrogen (secondary N) is 1. The highest BCUT2D eigenvalue weighted by Crippen LogP contribution is 2.37. The summed E-state index contributed by atoms with van der Waals surface area (Å²) in [6, 6.07) is 16.0. The van der Waals surface area contributed by atoms with Crippen LogP contribution in [0.25, 0.3) is 0 Å². The molecule has 0 aliphatic carbocycles. The van der Waals surface area contributed by atoms with Gasteiger partial charge in [-0.15, -0.1) is 0 Å². The number of ether oxygens (including phenoxy) is 2. The molecule has 30 heavy (non-hydrogen) atoms. The van der Waals surface area contributed by atoms with Gasteiger partial charge < -0.3 is 29.2 Å². The zero-order chi connectivity index (χ0) is 21.1. The molecule has 8 heteroatoms. The van der Waals surface area contributed by atoms with Crippen molar-refractivity contribution < 1.29 is 28.6 Å². The van der Waals surface area contributed by atoms with Gasteiger partial charge in [-0.3, -0.25) is 4.79 Å². The maximum absolute atomic E-state index is 13.2. The summed E-state index contributed by atoms with van der Waals surface area (Å²) in [5, 5.41) is 12.2. The summed E-state index contributed by atoms with van der Waals surface area (Å²) < 4.78 is 16.1. The Balaban J connectivity index is 1.71. The minimum atomic E-state index is -1.08. The molecule has 154 valence electrons. The van der Waals surface area contributed by atoms with E-state index in [2.05, 4.69) is 5.32 Å². The molecule has 0 spiro atoms. The van der Waals surface area contributed by atoms with Crippen LogP contribution in [-0.2, 0) is 11.3 Å². The van der Waals surface area contributed by atoms with Crippen LogP contribution in [0.15, 0.2) is 65.3 Å². The number of para-hydroxylation sites is 1. The normalized spacial score (nSPS) is 15.3. The number of hydrogen-bond acceptors (Lipinski definition) is 6. The van der Waals surface area contributed by atoms with Gasteiger partial charge in [0, 0.05) is 5.69 Å². The Bertz CT molecular complexity index is 1060. The van der Waals surface area contributed by atoms with E-state index in [0.29, 0.717) is 22.8 Å². The molecule has 0 bridgehead atoms. The first-order valence-electron chi connectivity index (χ1n) is 9.28. The fraction of sp³-hybridized carbons (Fsp3) is 0.182. The van der Waals surface area contributed by atoms with Gasteiger partial charge in [0.1, 0.15) is 11.9 Å². The number of rotatable bonds is 7. The predicted molar refractivity (Wildman–Crippen MR) is 108 cm³/mol. The average Bonchev–Trinajstić information content (AvgIpc) is 3.27. The van der Waals surface area contributed by atoms with Gasteiger partial charge >= 0.3 is 5.97 Å². The second-order valence-electron chi connectivity index (χ2n) is 6.70. The molecule has 1 aliphatic rings. The summed E-state index contributed by atoms with van der Waals surface area (Å²) in [6.07, 6.45) is 1.08. The van der Waals surface area contributed by atoms with Gasteiger partial charge in [0.2, 0.25) is 0 Å². The Labute approximate surface area is 172 Å². The lowest BCUT2D eigenvalue weighted by atomic mass is 10.0. The number of fused-ring (bicyclic) bond motifs is 1. The van der Waals surface area contributed by atoms with Crippen LogP contribution in [0.3, 0.4) is 0 Å². The Morgan fingerprint density at radius 3 is 2.73 bits per heavy atom. The van der Waals surface area contributed by atoms with Crippen molar-refractivity contribution in [1.82, 2.24) is 4.90 Å². The lowest BCUT2D eigenvalue weighted by molar-refractivity contribution is -0.139.